The summed E-state index contributed by atoms with van der Waals surface area (Å²) < 4.78 is 97.6. The quantitative estimate of drug-likeness (QED) is 0.235. The molecule has 2 heterocycles. The molecular weight excluding hydrogens is 663 g/mol. The molecule has 3 aromatic rings. The molecule has 0 saturated carbocycles. The van der Waals surface area contributed by atoms with E-state index in [1.807, 2.05) is 0 Å². The number of Topliss-reactive ketones (excluding diaryl/α,β-unsaturated/α-hetero) is 1. The van der Waals surface area contributed by atoms with Gasteiger partial charge in [-0.25, -0.2) is 22.0 Å². The van der Waals surface area contributed by atoms with Gasteiger partial charge in [0.2, 0.25) is 21.1 Å². The molecule has 4 rings (SSSR count). The van der Waals surface area contributed by atoms with Crippen molar-refractivity contribution >= 4 is 44.2 Å². The van der Waals surface area contributed by atoms with Crippen molar-refractivity contribution in [2.24, 2.45) is 0 Å². The van der Waals surface area contributed by atoms with Crippen molar-refractivity contribution < 1.29 is 49.5 Å². The van der Waals surface area contributed by atoms with Crippen molar-refractivity contribution in [2.45, 2.75) is 50.0 Å². The second-order valence-corrected chi connectivity index (χ2v) is 12.8. The van der Waals surface area contributed by atoms with Gasteiger partial charge in [-0.1, -0.05) is 42.5 Å². The van der Waals surface area contributed by atoms with Gasteiger partial charge in [0.1, 0.15) is 11.8 Å². The first kappa shape index (κ1) is 34.6. The summed E-state index contributed by atoms with van der Waals surface area (Å²) in [6.07, 6.45) is -5.41. The molecule has 1 aliphatic heterocycles. The Balaban J connectivity index is 1.55. The Kier molecular flexibility index (Phi) is 10.3. The zero-order chi connectivity index (χ0) is 33.9. The lowest BCUT2D eigenvalue weighted by Crippen LogP contribution is -2.61. The highest BCUT2D eigenvalue weighted by Gasteiger charge is 2.42. The van der Waals surface area contributed by atoms with Gasteiger partial charge in [-0.15, -0.1) is 23.4 Å². The molecule has 2 N–H and O–H groups in total. The molecule has 1 aliphatic rings. The predicted octanol–water partition coefficient (Wildman–Crippen LogP) is 4.36. The number of hydrogen-bond donors (Lipinski definition) is 2. The normalized spacial score (nSPS) is 16.2. The summed E-state index contributed by atoms with van der Waals surface area (Å²) in [6, 6.07) is 6.32. The van der Waals surface area contributed by atoms with Crippen LogP contribution in [0.2, 0.25) is 0 Å². The minimum absolute atomic E-state index is 0.00971. The Morgan fingerprint density at radius 1 is 1.00 bits per heavy atom. The second-order valence-electron chi connectivity index (χ2n) is 9.97. The number of sulfonamides is 1. The molecule has 3 amide bonds. The molecule has 0 radical (unpaired) electrons. The topological polar surface area (TPSA) is 151 Å². The monoisotopic (exact) mass is 690 g/mol. The van der Waals surface area contributed by atoms with Crippen LogP contribution in [0.1, 0.15) is 41.2 Å². The van der Waals surface area contributed by atoms with Gasteiger partial charge in [-0.05, 0) is 29.8 Å². The Labute approximate surface area is 263 Å². The first-order chi connectivity index (χ1) is 21.5. The third-order valence-corrected chi connectivity index (χ3v) is 9.67. The number of ether oxygens (including phenoxy) is 1. The molecular formula is C27H27F5N6O6S2. The SMILES string of the molecule is CCC(F)(F)c1ccc(CNC(=O)[C@H]2CN(C(=O)Nc3nnc(C(C)=O)s3)CCN2S(=O)(=O)c2ccc(OC(F)(F)F)cc2)cc1. The minimum atomic E-state index is -5.00. The summed E-state index contributed by atoms with van der Waals surface area (Å²) in [6.45, 7) is 1.39. The van der Waals surface area contributed by atoms with E-state index in [-0.39, 0.29) is 41.1 Å². The number of halogens is 5. The Hall–Kier alpha value is -4.23. The Morgan fingerprint density at radius 2 is 1.65 bits per heavy atom. The highest BCUT2D eigenvalue weighted by molar-refractivity contribution is 7.89. The van der Waals surface area contributed by atoms with Gasteiger partial charge < -0.3 is 15.0 Å². The number of rotatable bonds is 10. The molecule has 0 bridgehead atoms. The summed E-state index contributed by atoms with van der Waals surface area (Å²) in [5.74, 6) is -4.91. The summed E-state index contributed by atoms with van der Waals surface area (Å²) in [5.41, 5.74) is 0.218. The van der Waals surface area contributed by atoms with E-state index >= 15 is 0 Å². The standard InChI is InChI=1S/C27H27F5N6O6S2/c1-3-26(28,29)18-6-4-17(5-7-18)14-33-22(40)21-15-37(25(41)34-24-36-35-23(45-24)16(2)39)12-13-38(21)46(42,43)20-10-8-19(9-11-20)44-27(30,31)32/h4-11,21H,3,12-15H2,1-2H3,(H,33,40)(H,34,36,41)/t21-/m1/s1. The van der Waals surface area contributed by atoms with Crippen molar-refractivity contribution in [2.75, 3.05) is 25.0 Å². The van der Waals surface area contributed by atoms with Crippen molar-refractivity contribution in [3.05, 3.63) is 64.7 Å². The molecule has 2 aromatic carbocycles. The molecule has 0 aliphatic carbocycles. The first-order valence-electron chi connectivity index (χ1n) is 13.5. The van der Waals surface area contributed by atoms with Gasteiger partial charge in [0.15, 0.2) is 10.8 Å². The number of hydrogen-bond acceptors (Lipinski definition) is 9. The van der Waals surface area contributed by atoms with Gasteiger partial charge >= 0.3 is 12.4 Å². The zero-order valence-electron chi connectivity index (χ0n) is 24.2. The number of benzene rings is 2. The van der Waals surface area contributed by atoms with Crippen LogP contribution < -0.4 is 15.4 Å². The fraction of sp³-hybridized carbons (Fsp3) is 0.370. The maximum atomic E-state index is 14.0. The largest absolute Gasteiger partial charge is 0.573 e. The number of carbonyl (C=O) groups is 3. The lowest BCUT2D eigenvalue weighted by Gasteiger charge is -2.39. The number of nitrogens with one attached hydrogen (secondary N) is 2. The molecule has 248 valence electrons. The third-order valence-electron chi connectivity index (χ3n) is 6.81. The van der Waals surface area contributed by atoms with Crippen LogP contribution in [0.5, 0.6) is 5.75 Å². The van der Waals surface area contributed by atoms with Crippen LogP contribution in [-0.2, 0) is 27.3 Å². The van der Waals surface area contributed by atoms with E-state index in [1.165, 1.54) is 38.1 Å². The maximum Gasteiger partial charge on any atom is 0.573 e. The van der Waals surface area contributed by atoms with Gasteiger partial charge in [-0.3, -0.25) is 14.9 Å². The van der Waals surface area contributed by atoms with E-state index < -0.39 is 63.9 Å². The van der Waals surface area contributed by atoms with E-state index in [4.69, 9.17) is 0 Å². The van der Waals surface area contributed by atoms with Gasteiger partial charge in [0.05, 0.1) is 4.90 Å². The molecule has 46 heavy (non-hydrogen) atoms. The summed E-state index contributed by atoms with van der Waals surface area (Å²) in [4.78, 5) is 38.7. The van der Waals surface area contributed by atoms with Crippen molar-refractivity contribution in [3.8, 4) is 5.75 Å². The van der Waals surface area contributed by atoms with E-state index in [1.54, 1.807) is 0 Å². The Morgan fingerprint density at radius 3 is 2.22 bits per heavy atom. The van der Waals surface area contributed by atoms with Crippen LogP contribution >= 0.6 is 11.3 Å². The maximum absolute atomic E-state index is 14.0. The van der Waals surface area contributed by atoms with Crippen molar-refractivity contribution in [3.63, 3.8) is 0 Å². The highest BCUT2D eigenvalue weighted by Crippen LogP contribution is 2.31. The minimum Gasteiger partial charge on any atom is -0.406 e. The fourth-order valence-corrected chi connectivity index (χ4v) is 6.56. The smallest absolute Gasteiger partial charge is 0.406 e. The van der Waals surface area contributed by atoms with Crippen LogP contribution in [0.3, 0.4) is 0 Å². The molecule has 0 spiro atoms. The fourth-order valence-electron chi connectivity index (χ4n) is 4.36. The number of urea groups is 1. The first-order valence-corrected chi connectivity index (χ1v) is 15.8. The van der Waals surface area contributed by atoms with Crippen LogP contribution in [0, 0.1) is 0 Å². The molecule has 0 unspecified atom stereocenters. The number of nitrogens with zero attached hydrogens (tertiary/aromatic N) is 4. The number of piperazine rings is 1. The molecule has 1 atom stereocenters. The number of anilines is 1. The van der Waals surface area contributed by atoms with Crippen LogP contribution in [0.15, 0.2) is 53.4 Å². The average Bonchev–Trinajstić information content (AvgIpc) is 3.48. The van der Waals surface area contributed by atoms with E-state index in [0.717, 1.165) is 44.8 Å². The molecule has 1 fully saturated rings. The Bertz CT molecular complexity index is 1680. The van der Waals surface area contributed by atoms with Crippen LogP contribution in [0.4, 0.5) is 31.9 Å². The van der Waals surface area contributed by atoms with E-state index in [0.29, 0.717) is 5.56 Å². The molecule has 12 nitrogen and oxygen atoms in total. The number of ketones is 1. The number of carbonyl (C=O) groups excluding carboxylic acids is 3. The van der Waals surface area contributed by atoms with Crippen molar-refractivity contribution in [1.29, 1.82) is 0 Å². The van der Waals surface area contributed by atoms with E-state index in [9.17, 15) is 44.8 Å². The van der Waals surface area contributed by atoms with Gasteiger partial charge in [0, 0.05) is 45.1 Å². The average molecular weight is 691 g/mol. The van der Waals surface area contributed by atoms with E-state index in [2.05, 4.69) is 25.6 Å². The van der Waals surface area contributed by atoms with Crippen molar-refractivity contribution in [1.82, 2.24) is 24.7 Å². The lowest BCUT2D eigenvalue weighted by atomic mass is 10.0. The lowest BCUT2D eigenvalue weighted by molar-refractivity contribution is -0.274. The molecule has 1 aromatic heterocycles. The summed E-state index contributed by atoms with van der Waals surface area (Å²) in [7, 11) is -4.50. The number of aromatic nitrogens is 2. The summed E-state index contributed by atoms with van der Waals surface area (Å²) in [5, 5.41) is 12.4. The second kappa shape index (κ2) is 13.6. The van der Waals surface area contributed by atoms with Gasteiger partial charge in [0.25, 0.3) is 5.92 Å². The predicted molar refractivity (Wildman–Crippen MR) is 154 cm³/mol. The number of amides is 3. The zero-order valence-corrected chi connectivity index (χ0v) is 25.8. The van der Waals surface area contributed by atoms with Crippen LogP contribution in [0.25, 0.3) is 0 Å². The van der Waals surface area contributed by atoms with Gasteiger partial charge in [-0.2, -0.15) is 4.31 Å². The van der Waals surface area contributed by atoms with Crippen LogP contribution in [-0.4, -0.2) is 77.6 Å². The highest BCUT2D eigenvalue weighted by atomic mass is 32.2. The molecule has 19 heteroatoms. The summed E-state index contributed by atoms with van der Waals surface area (Å²) >= 11 is 0.813. The number of alkyl halides is 5. The molecule has 1 saturated heterocycles. The third kappa shape index (κ3) is 8.32.